The first-order valence-corrected chi connectivity index (χ1v) is 8.18. The Balaban J connectivity index is 1.73. The predicted octanol–water partition coefficient (Wildman–Crippen LogP) is 2.43. The van der Waals surface area contributed by atoms with Gasteiger partial charge in [-0.15, -0.1) is 11.3 Å². The maximum Gasteiger partial charge on any atom is 0.247 e. The second kappa shape index (κ2) is 7.21. The van der Waals surface area contributed by atoms with Crippen LogP contribution < -0.4 is 0 Å². The first-order valence-electron chi connectivity index (χ1n) is 7.30. The van der Waals surface area contributed by atoms with Crippen molar-refractivity contribution in [2.24, 2.45) is 0 Å². The van der Waals surface area contributed by atoms with Crippen LogP contribution in [0, 0.1) is 0 Å². The molecule has 0 aliphatic rings. The molecule has 0 spiro atoms. The van der Waals surface area contributed by atoms with Crippen molar-refractivity contribution >= 4 is 28.3 Å². The van der Waals surface area contributed by atoms with Crippen LogP contribution in [-0.2, 0) is 11.3 Å². The number of aliphatic hydroxyl groups is 1. The normalized spacial score (nSPS) is 11.3. The fraction of sp³-hybridized carbons (Fsp3) is 0.176. The number of fused-ring (bicyclic) bond motifs is 1. The molecule has 6 heteroatoms. The number of benzene rings is 1. The van der Waals surface area contributed by atoms with Gasteiger partial charge in [0.05, 0.1) is 18.5 Å². The number of hydrogen-bond donors (Lipinski definition) is 1. The van der Waals surface area contributed by atoms with Crippen LogP contribution in [-0.4, -0.2) is 38.4 Å². The molecule has 1 N–H and O–H groups in total. The van der Waals surface area contributed by atoms with Gasteiger partial charge < -0.3 is 10.0 Å². The number of nitrogens with zero attached hydrogens (tertiary/aromatic N) is 3. The van der Waals surface area contributed by atoms with E-state index < -0.39 is 0 Å². The van der Waals surface area contributed by atoms with Gasteiger partial charge in [-0.1, -0.05) is 30.3 Å². The van der Waals surface area contributed by atoms with E-state index in [2.05, 4.69) is 4.98 Å². The molecule has 0 radical (unpaired) electrons. The van der Waals surface area contributed by atoms with Gasteiger partial charge in [-0.3, -0.25) is 9.20 Å². The number of aromatic nitrogens is 2. The lowest BCUT2D eigenvalue weighted by Crippen LogP contribution is -2.31. The molecule has 0 aliphatic carbocycles. The van der Waals surface area contributed by atoms with E-state index in [0.717, 1.165) is 16.2 Å². The molecule has 5 nitrogen and oxygen atoms in total. The second-order valence-corrected chi connectivity index (χ2v) is 5.91. The number of imidazole rings is 1. The van der Waals surface area contributed by atoms with Gasteiger partial charge in [-0.25, -0.2) is 4.98 Å². The lowest BCUT2D eigenvalue weighted by atomic mass is 10.2. The summed E-state index contributed by atoms with van der Waals surface area (Å²) in [7, 11) is 0. The summed E-state index contributed by atoms with van der Waals surface area (Å²) in [4.78, 5) is 19.2. The number of carbonyl (C=O) groups excluding carboxylic acids is 1. The summed E-state index contributed by atoms with van der Waals surface area (Å²) >= 11 is 1.55. The largest absolute Gasteiger partial charge is 0.395 e. The molecule has 2 heterocycles. The van der Waals surface area contributed by atoms with Crippen molar-refractivity contribution < 1.29 is 9.90 Å². The summed E-state index contributed by atoms with van der Waals surface area (Å²) in [5, 5.41) is 11.2. The minimum absolute atomic E-state index is 0.0616. The van der Waals surface area contributed by atoms with E-state index in [9.17, 15) is 9.90 Å². The topological polar surface area (TPSA) is 57.8 Å². The highest BCUT2D eigenvalue weighted by Gasteiger charge is 2.11. The third kappa shape index (κ3) is 3.67. The Morgan fingerprint density at radius 1 is 1.35 bits per heavy atom. The van der Waals surface area contributed by atoms with E-state index in [4.69, 9.17) is 0 Å². The Hall–Kier alpha value is -2.44. The van der Waals surface area contributed by atoms with E-state index in [0.29, 0.717) is 13.1 Å². The van der Waals surface area contributed by atoms with Gasteiger partial charge in [0.2, 0.25) is 5.91 Å². The fourth-order valence-electron chi connectivity index (χ4n) is 2.32. The SMILES string of the molecule is O=C(/C=C/c1cnc2sccn12)N(CCO)Cc1ccccc1. The van der Waals surface area contributed by atoms with Crippen molar-refractivity contribution in [1.82, 2.24) is 14.3 Å². The summed E-state index contributed by atoms with van der Waals surface area (Å²) in [6.07, 6.45) is 6.94. The molecular formula is C17H17N3O2S. The van der Waals surface area contributed by atoms with Crippen molar-refractivity contribution in [3.8, 4) is 0 Å². The average molecular weight is 327 g/mol. The van der Waals surface area contributed by atoms with Crippen molar-refractivity contribution in [3.05, 3.63) is 65.4 Å². The Bertz CT molecular complexity index is 807. The van der Waals surface area contributed by atoms with Gasteiger partial charge in [0.1, 0.15) is 0 Å². The summed E-state index contributed by atoms with van der Waals surface area (Å²) in [5.74, 6) is -0.131. The quantitative estimate of drug-likeness (QED) is 0.708. The van der Waals surface area contributed by atoms with Gasteiger partial charge >= 0.3 is 0 Å². The number of aliphatic hydroxyl groups excluding tert-OH is 1. The predicted molar refractivity (Wildman–Crippen MR) is 91.0 cm³/mol. The first-order chi connectivity index (χ1) is 11.3. The number of hydrogen-bond acceptors (Lipinski definition) is 4. The summed E-state index contributed by atoms with van der Waals surface area (Å²) < 4.78 is 1.93. The molecule has 0 saturated heterocycles. The molecule has 0 unspecified atom stereocenters. The average Bonchev–Trinajstić information content (AvgIpc) is 3.17. The van der Waals surface area contributed by atoms with Crippen LogP contribution in [0.4, 0.5) is 0 Å². The van der Waals surface area contributed by atoms with Gasteiger partial charge in [-0.05, 0) is 11.6 Å². The Morgan fingerprint density at radius 2 is 2.17 bits per heavy atom. The molecule has 118 valence electrons. The zero-order valence-corrected chi connectivity index (χ0v) is 13.3. The molecule has 0 atom stereocenters. The standard InChI is InChI=1S/C17H17N3O2S/c21-10-8-19(13-14-4-2-1-3-5-14)16(22)7-6-15-12-18-17-20(15)9-11-23-17/h1-7,9,11-12,21H,8,10,13H2/b7-6+. The van der Waals surface area contributed by atoms with E-state index >= 15 is 0 Å². The zero-order valence-electron chi connectivity index (χ0n) is 12.5. The van der Waals surface area contributed by atoms with Crippen LogP contribution >= 0.6 is 11.3 Å². The highest BCUT2D eigenvalue weighted by molar-refractivity contribution is 7.15. The summed E-state index contributed by atoms with van der Waals surface area (Å²) in [5.41, 5.74) is 1.89. The lowest BCUT2D eigenvalue weighted by Gasteiger charge is -2.20. The van der Waals surface area contributed by atoms with Crippen LogP contribution in [0.5, 0.6) is 0 Å². The molecule has 1 aromatic carbocycles. The Labute approximate surface area is 138 Å². The van der Waals surface area contributed by atoms with Gasteiger partial charge in [-0.2, -0.15) is 0 Å². The van der Waals surface area contributed by atoms with Gasteiger partial charge in [0.25, 0.3) is 0 Å². The van der Waals surface area contributed by atoms with Crippen molar-refractivity contribution in [2.45, 2.75) is 6.54 Å². The van der Waals surface area contributed by atoms with Crippen LogP contribution in [0.1, 0.15) is 11.3 Å². The highest BCUT2D eigenvalue weighted by atomic mass is 32.1. The van der Waals surface area contributed by atoms with Crippen LogP contribution in [0.2, 0.25) is 0 Å². The maximum atomic E-state index is 12.4. The molecule has 23 heavy (non-hydrogen) atoms. The van der Waals surface area contributed by atoms with Gasteiger partial charge in [0, 0.05) is 30.7 Å². The van der Waals surface area contributed by atoms with Gasteiger partial charge in [0.15, 0.2) is 4.96 Å². The van der Waals surface area contributed by atoms with Crippen LogP contribution in [0.3, 0.4) is 0 Å². The monoisotopic (exact) mass is 327 g/mol. The summed E-state index contributed by atoms with van der Waals surface area (Å²) in [6, 6.07) is 9.74. The van der Waals surface area contributed by atoms with E-state index in [1.807, 2.05) is 46.3 Å². The Morgan fingerprint density at radius 3 is 2.96 bits per heavy atom. The minimum Gasteiger partial charge on any atom is -0.395 e. The fourth-order valence-corrected chi connectivity index (χ4v) is 3.02. The zero-order chi connectivity index (χ0) is 16.1. The van der Waals surface area contributed by atoms with Crippen LogP contribution in [0.25, 0.3) is 11.0 Å². The van der Waals surface area contributed by atoms with E-state index in [1.165, 1.54) is 6.08 Å². The molecule has 1 amide bonds. The summed E-state index contributed by atoms with van der Waals surface area (Å²) in [6.45, 7) is 0.719. The maximum absolute atomic E-state index is 12.4. The molecule has 0 bridgehead atoms. The van der Waals surface area contributed by atoms with E-state index in [1.54, 1.807) is 28.5 Å². The molecular weight excluding hydrogens is 310 g/mol. The molecule has 3 aromatic rings. The number of thiazole rings is 1. The number of amides is 1. The number of carbonyl (C=O) groups is 1. The minimum atomic E-state index is -0.131. The third-order valence-electron chi connectivity index (χ3n) is 3.47. The smallest absolute Gasteiger partial charge is 0.247 e. The van der Waals surface area contributed by atoms with E-state index in [-0.39, 0.29) is 12.5 Å². The molecule has 0 fully saturated rings. The molecule has 2 aromatic heterocycles. The lowest BCUT2D eigenvalue weighted by molar-refractivity contribution is -0.127. The first kappa shape index (κ1) is 15.5. The number of rotatable bonds is 6. The third-order valence-corrected chi connectivity index (χ3v) is 4.24. The van der Waals surface area contributed by atoms with Crippen LogP contribution in [0.15, 0.2) is 54.2 Å². The van der Waals surface area contributed by atoms with Crippen molar-refractivity contribution in [3.63, 3.8) is 0 Å². The molecule has 0 saturated carbocycles. The molecule has 0 aliphatic heterocycles. The van der Waals surface area contributed by atoms with Crippen molar-refractivity contribution in [2.75, 3.05) is 13.2 Å². The van der Waals surface area contributed by atoms with Crippen molar-refractivity contribution in [1.29, 1.82) is 0 Å². The molecule has 3 rings (SSSR count). The highest BCUT2D eigenvalue weighted by Crippen LogP contribution is 2.14. The Kier molecular flexibility index (Phi) is 4.85. The second-order valence-electron chi connectivity index (χ2n) is 5.04.